The molecule has 0 bridgehead atoms. The quantitative estimate of drug-likeness (QED) is 0.876. The van der Waals surface area contributed by atoms with Crippen molar-refractivity contribution in [2.45, 2.75) is 5.03 Å². The van der Waals surface area contributed by atoms with Gasteiger partial charge in [0.1, 0.15) is 0 Å². The minimum Gasteiger partial charge on any atom is -0.345 e. The van der Waals surface area contributed by atoms with Gasteiger partial charge in [-0.1, -0.05) is 12.1 Å². The zero-order valence-electron chi connectivity index (χ0n) is 11.0. The number of H-pyrrole nitrogens is 1. The third-order valence-electron chi connectivity index (χ3n) is 2.57. The van der Waals surface area contributed by atoms with Crippen molar-refractivity contribution in [3.8, 4) is 0 Å². The Labute approximate surface area is 116 Å². The molecule has 0 radical (unpaired) electrons. The van der Waals surface area contributed by atoms with Crippen LogP contribution in [-0.2, 0) is 10.0 Å². The van der Waals surface area contributed by atoms with E-state index in [1.165, 1.54) is 23.2 Å². The fraction of sp³-hybridized carbons (Fsp3) is 0.167. The van der Waals surface area contributed by atoms with E-state index in [1.807, 2.05) is 0 Å². The average Bonchev–Trinajstić information content (AvgIpc) is 2.92. The van der Waals surface area contributed by atoms with Crippen molar-refractivity contribution in [2.24, 2.45) is 0 Å². The first-order chi connectivity index (χ1) is 9.42. The molecule has 0 unspecified atom stereocenters. The van der Waals surface area contributed by atoms with Gasteiger partial charge in [-0.2, -0.15) is 13.5 Å². The second kappa shape index (κ2) is 5.33. The van der Waals surface area contributed by atoms with Gasteiger partial charge in [0.2, 0.25) is 0 Å². The molecule has 0 aliphatic rings. The lowest BCUT2D eigenvalue weighted by Gasteiger charge is -2.14. The van der Waals surface area contributed by atoms with Gasteiger partial charge in [-0.3, -0.25) is 14.6 Å². The normalized spacial score (nSPS) is 11.1. The number of amides is 1. The zero-order chi connectivity index (χ0) is 14.8. The number of nitrogens with one attached hydrogen (secondary N) is 2. The number of hydrogen-bond donors (Lipinski definition) is 2. The third-order valence-corrected chi connectivity index (χ3v) is 3.87. The number of anilines is 1. The van der Waals surface area contributed by atoms with Crippen molar-refractivity contribution in [3.05, 3.63) is 42.1 Å². The van der Waals surface area contributed by atoms with Gasteiger partial charge in [0.15, 0.2) is 5.03 Å². The summed E-state index contributed by atoms with van der Waals surface area (Å²) in [5, 5.41) is 5.90. The van der Waals surface area contributed by atoms with Crippen LogP contribution in [0.15, 0.2) is 41.6 Å². The van der Waals surface area contributed by atoms with Crippen LogP contribution in [0.2, 0.25) is 0 Å². The van der Waals surface area contributed by atoms with Gasteiger partial charge in [0, 0.05) is 14.1 Å². The summed E-state index contributed by atoms with van der Waals surface area (Å²) < 4.78 is 26.6. The molecule has 0 saturated carbocycles. The van der Waals surface area contributed by atoms with Crippen LogP contribution < -0.4 is 4.72 Å². The summed E-state index contributed by atoms with van der Waals surface area (Å²) in [4.78, 5) is 13.4. The Morgan fingerprint density at radius 3 is 2.55 bits per heavy atom. The lowest BCUT2D eigenvalue weighted by Crippen LogP contribution is -2.24. The van der Waals surface area contributed by atoms with E-state index in [0.29, 0.717) is 0 Å². The Bertz CT molecular complexity index is 708. The van der Waals surface area contributed by atoms with Crippen molar-refractivity contribution < 1.29 is 13.2 Å². The molecule has 2 N–H and O–H groups in total. The standard InChI is InChI=1S/C12H14N4O3S/c1-16(2)12(17)9-5-3-4-6-10(9)15-20(18,19)11-7-8-13-14-11/h3-8,15H,1-2H3,(H,13,14). The molecule has 0 fully saturated rings. The van der Waals surface area contributed by atoms with Crippen LogP contribution in [-0.4, -0.2) is 43.5 Å². The highest BCUT2D eigenvalue weighted by Gasteiger charge is 2.20. The number of carbonyl (C=O) groups excluding carboxylic acids is 1. The lowest BCUT2D eigenvalue weighted by atomic mass is 10.1. The summed E-state index contributed by atoms with van der Waals surface area (Å²) in [7, 11) is -0.591. The molecule has 0 aliphatic carbocycles. The van der Waals surface area contributed by atoms with Crippen LogP contribution in [0, 0.1) is 0 Å². The molecule has 0 saturated heterocycles. The first-order valence-electron chi connectivity index (χ1n) is 5.74. The van der Waals surface area contributed by atoms with E-state index in [2.05, 4.69) is 14.9 Å². The highest BCUT2D eigenvalue weighted by molar-refractivity contribution is 7.92. The SMILES string of the molecule is CN(C)C(=O)c1ccccc1NS(=O)(=O)c1ccn[nH]1. The van der Waals surface area contributed by atoms with Gasteiger partial charge in [-0.05, 0) is 18.2 Å². The summed E-state index contributed by atoms with van der Waals surface area (Å²) in [5.41, 5.74) is 0.501. The smallest absolute Gasteiger partial charge is 0.278 e. The molecule has 1 heterocycles. The van der Waals surface area contributed by atoms with E-state index in [9.17, 15) is 13.2 Å². The fourth-order valence-electron chi connectivity index (χ4n) is 1.59. The molecule has 106 valence electrons. The number of carbonyl (C=O) groups is 1. The molecule has 1 aromatic carbocycles. The van der Waals surface area contributed by atoms with E-state index in [0.717, 1.165) is 0 Å². The number of aromatic nitrogens is 2. The molecular weight excluding hydrogens is 280 g/mol. The van der Waals surface area contributed by atoms with Crippen molar-refractivity contribution in [1.29, 1.82) is 0 Å². The predicted octanol–water partition coefficient (Wildman–Crippen LogP) is 0.912. The molecule has 1 amide bonds. The van der Waals surface area contributed by atoms with E-state index in [4.69, 9.17) is 0 Å². The second-order valence-electron chi connectivity index (χ2n) is 4.27. The summed E-state index contributed by atoms with van der Waals surface area (Å²) in [6.45, 7) is 0. The van der Waals surface area contributed by atoms with Crippen molar-refractivity contribution >= 4 is 21.6 Å². The lowest BCUT2D eigenvalue weighted by molar-refractivity contribution is 0.0828. The number of hydrogen-bond acceptors (Lipinski definition) is 4. The van der Waals surface area contributed by atoms with E-state index in [-0.39, 0.29) is 22.2 Å². The van der Waals surface area contributed by atoms with Gasteiger partial charge in [0.25, 0.3) is 15.9 Å². The minimum absolute atomic E-state index is 0.0652. The second-order valence-corrected chi connectivity index (χ2v) is 5.92. The van der Waals surface area contributed by atoms with Gasteiger partial charge in [0.05, 0.1) is 17.4 Å². The van der Waals surface area contributed by atoms with Crippen LogP contribution in [0.3, 0.4) is 0 Å². The highest BCUT2D eigenvalue weighted by atomic mass is 32.2. The first-order valence-corrected chi connectivity index (χ1v) is 7.23. The molecule has 8 heteroatoms. The number of aromatic amines is 1. The number of sulfonamides is 1. The third kappa shape index (κ3) is 2.80. The van der Waals surface area contributed by atoms with Crippen LogP contribution >= 0.6 is 0 Å². The van der Waals surface area contributed by atoms with Gasteiger partial charge < -0.3 is 4.90 Å². The van der Waals surface area contributed by atoms with Gasteiger partial charge >= 0.3 is 0 Å². The molecule has 2 aromatic rings. The minimum atomic E-state index is -3.79. The summed E-state index contributed by atoms with van der Waals surface area (Å²) in [6, 6.07) is 7.75. The number of rotatable bonds is 4. The van der Waals surface area contributed by atoms with Gasteiger partial charge in [-0.15, -0.1) is 0 Å². The fourth-order valence-corrected chi connectivity index (χ4v) is 2.58. The maximum absolute atomic E-state index is 12.1. The molecule has 7 nitrogen and oxygen atoms in total. The number of nitrogens with zero attached hydrogens (tertiary/aromatic N) is 2. The molecule has 20 heavy (non-hydrogen) atoms. The molecule has 1 aromatic heterocycles. The Morgan fingerprint density at radius 1 is 1.25 bits per heavy atom. The maximum Gasteiger partial charge on any atom is 0.278 e. The predicted molar refractivity (Wildman–Crippen MR) is 73.9 cm³/mol. The largest absolute Gasteiger partial charge is 0.345 e. The Morgan fingerprint density at radius 2 is 1.95 bits per heavy atom. The Hall–Kier alpha value is -2.35. The molecule has 0 aliphatic heterocycles. The molecule has 0 atom stereocenters. The summed E-state index contributed by atoms with van der Waals surface area (Å²) in [6.07, 6.45) is 1.34. The van der Waals surface area contributed by atoms with Crippen molar-refractivity contribution in [2.75, 3.05) is 18.8 Å². The topological polar surface area (TPSA) is 95.2 Å². The first kappa shape index (κ1) is 14.1. The molecular formula is C12H14N4O3S. The van der Waals surface area contributed by atoms with Crippen LogP contribution in [0.4, 0.5) is 5.69 Å². The Balaban J connectivity index is 2.38. The van der Waals surface area contributed by atoms with Crippen LogP contribution in [0.1, 0.15) is 10.4 Å². The number of para-hydroxylation sites is 1. The monoisotopic (exact) mass is 294 g/mol. The summed E-state index contributed by atoms with van der Waals surface area (Å²) in [5.74, 6) is -0.284. The average molecular weight is 294 g/mol. The zero-order valence-corrected chi connectivity index (χ0v) is 11.8. The van der Waals surface area contributed by atoms with Crippen LogP contribution in [0.25, 0.3) is 0 Å². The molecule has 0 spiro atoms. The van der Waals surface area contributed by atoms with E-state index < -0.39 is 10.0 Å². The highest BCUT2D eigenvalue weighted by Crippen LogP contribution is 2.20. The number of benzene rings is 1. The van der Waals surface area contributed by atoms with Gasteiger partial charge in [-0.25, -0.2) is 0 Å². The Kier molecular flexibility index (Phi) is 3.75. The van der Waals surface area contributed by atoms with Crippen LogP contribution in [0.5, 0.6) is 0 Å². The molecule has 2 rings (SSSR count). The van der Waals surface area contributed by atoms with E-state index >= 15 is 0 Å². The van der Waals surface area contributed by atoms with Crippen molar-refractivity contribution in [3.63, 3.8) is 0 Å². The van der Waals surface area contributed by atoms with Crippen molar-refractivity contribution in [1.82, 2.24) is 15.1 Å². The van der Waals surface area contributed by atoms with E-state index in [1.54, 1.807) is 32.3 Å². The maximum atomic E-state index is 12.1. The summed E-state index contributed by atoms with van der Waals surface area (Å²) >= 11 is 0.